The second kappa shape index (κ2) is 4.28. The van der Waals surface area contributed by atoms with Crippen LogP contribution >= 0.6 is 0 Å². The minimum atomic E-state index is -0.624. The number of hydrogen-bond donors (Lipinski definition) is 1. The second-order valence-electron chi connectivity index (χ2n) is 5.10. The van der Waals surface area contributed by atoms with Crippen LogP contribution in [-0.4, -0.2) is 11.1 Å². The van der Waals surface area contributed by atoms with Gasteiger partial charge in [-0.15, -0.1) is 0 Å². The summed E-state index contributed by atoms with van der Waals surface area (Å²) in [7, 11) is 0. The summed E-state index contributed by atoms with van der Waals surface area (Å²) in [5, 5.41) is 9.44. The number of carbonyl (C=O) groups is 1. The average molecular weight is 218 g/mol. The Balaban J connectivity index is 2.19. The Labute approximate surface area is 96.3 Å². The molecule has 2 unspecified atom stereocenters. The fraction of sp³-hybridized carbons (Fsp3) is 0.500. The van der Waals surface area contributed by atoms with Gasteiger partial charge in [-0.05, 0) is 37.2 Å². The third-order valence-corrected chi connectivity index (χ3v) is 3.69. The summed E-state index contributed by atoms with van der Waals surface area (Å²) >= 11 is 0. The van der Waals surface area contributed by atoms with E-state index in [4.69, 9.17) is 0 Å². The van der Waals surface area contributed by atoms with Crippen LogP contribution in [0.1, 0.15) is 31.7 Å². The van der Waals surface area contributed by atoms with E-state index < -0.39 is 11.4 Å². The largest absolute Gasteiger partial charge is 0.481 e. The van der Waals surface area contributed by atoms with Gasteiger partial charge in [0.25, 0.3) is 0 Å². The fourth-order valence-electron chi connectivity index (χ4n) is 2.81. The van der Waals surface area contributed by atoms with Crippen molar-refractivity contribution >= 4 is 5.97 Å². The van der Waals surface area contributed by atoms with Gasteiger partial charge in [0, 0.05) is 0 Å². The van der Waals surface area contributed by atoms with Crippen molar-refractivity contribution in [3.63, 3.8) is 0 Å². The zero-order valence-corrected chi connectivity index (χ0v) is 9.65. The van der Waals surface area contributed by atoms with Crippen molar-refractivity contribution in [3.05, 3.63) is 35.9 Å². The van der Waals surface area contributed by atoms with Gasteiger partial charge in [-0.2, -0.15) is 0 Å². The topological polar surface area (TPSA) is 37.3 Å². The molecule has 1 fully saturated rings. The Kier molecular flexibility index (Phi) is 2.99. The second-order valence-corrected chi connectivity index (χ2v) is 5.10. The molecule has 0 bridgehead atoms. The number of carboxylic acid groups (broad SMARTS) is 1. The molecule has 16 heavy (non-hydrogen) atoms. The number of aliphatic carboxylic acids is 1. The molecule has 0 aliphatic heterocycles. The zero-order chi connectivity index (χ0) is 11.6. The summed E-state index contributed by atoms with van der Waals surface area (Å²) in [6.45, 7) is 2.15. The van der Waals surface area contributed by atoms with E-state index in [1.54, 1.807) is 0 Å². The highest BCUT2D eigenvalue weighted by Crippen LogP contribution is 2.44. The summed E-state index contributed by atoms with van der Waals surface area (Å²) in [5.74, 6) is -0.0829. The Hall–Kier alpha value is -1.31. The SMILES string of the molecule is CC1CCC(Cc2ccccc2)(C(=O)O)C1. The van der Waals surface area contributed by atoms with E-state index in [0.29, 0.717) is 12.3 Å². The van der Waals surface area contributed by atoms with Crippen LogP contribution in [0.4, 0.5) is 0 Å². The molecule has 0 saturated heterocycles. The molecule has 86 valence electrons. The lowest BCUT2D eigenvalue weighted by Gasteiger charge is -2.24. The minimum Gasteiger partial charge on any atom is -0.481 e. The normalized spacial score (nSPS) is 29.2. The highest BCUT2D eigenvalue weighted by Gasteiger charge is 2.43. The van der Waals surface area contributed by atoms with Gasteiger partial charge >= 0.3 is 5.97 Å². The van der Waals surface area contributed by atoms with Gasteiger partial charge in [0.1, 0.15) is 0 Å². The van der Waals surface area contributed by atoms with Crippen molar-refractivity contribution in [1.29, 1.82) is 0 Å². The predicted octanol–water partition coefficient (Wildman–Crippen LogP) is 3.12. The molecule has 1 aliphatic rings. The molecule has 1 aromatic carbocycles. The summed E-state index contributed by atoms with van der Waals surface area (Å²) in [5.41, 5.74) is 0.625. The monoisotopic (exact) mass is 218 g/mol. The summed E-state index contributed by atoms with van der Waals surface area (Å²) in [6, 6.07) is 9.96. The molecule has 0 heterocycles. The quantitative estimate of drug-likeness (QED) is 0.846. The van der Waals surface area contributed by atoms with Crippen molar-refractivity contribution < 1.29 is 9.90 Å². The lowest BCUT2D eigenvalue weighted by atomic mass is 9.79. The fourth-order valence-corrected chi connectivity index (χ4v) is 2.81. The first-order valence-corrected chi connectivity index (χ1v) is 5.90. The first-order chi connectivity index (χ1) is 7.62. The Morgan fingerprint density at radius 1 is 1.44 bits per heavy atom. The van der Waals surface area contributed by atoms with Crippen LogP contribution in [0.5, 0.6) is 0 Å². The van der Waals surface area contributed by atoms with Crippen LogP contribution in [0.2, 0.25) is 0 Å². The van der Waals surface area contributed by atoms with Crippen LogP contribution in [0.3, 0.4) is 0 Å². The summed E-state index contributed by atoms with van der Waals surface area (Å²) in [6.07, 6.45) is 3.35. The smallest absolute Gasteiger partial charge is 0.309 e. The highest BCUT2D eigenvalue weighted by atomic mass is 16.4. The summed E-state index contributed by atoms with van der Waals surface area (Å²) in [4.78, 5) is 11.5. The van der Waals surface area contributed by atoms with Crippen molar-refractivity contribution in [2.24, 2.45) is 11.3 Å². The van der Waals surface area contributed by atoms with Crippen LogP contribution < -0.4 is 0 Å². The molecule has 1 aliphatic carbocycles. The van der Waals surface area contributed by atoms with Gasteiger partial charge < -0.3 is 5.11 Å². The first kappa shape index (κ1) is 11.2. The molecule has 2 nitrogen and oxygen atoms in total. The lowest BCUT2D eigenvalue weighted by molar-refractivity contribution is -0.148. The standard InChI is InChI=1S/C14H18O2/c1-11-7-8-14(9-11,13(15)16)10-12-5-3-2-4-6-12/h2-6,11H,7-10H2,1H3,(H,15,16). The third-order valence-electron chi connectivity index (χ3n) is 3.69. The third kappa shape index (κ3) is 2.11. The van der Waals surface area contributed by atoms with Crippen LogP contribution in [0, 0.1) is 11.3 Å². The van der Waals surface area contributed by atoms with Gasteiger partial charge in [0.15, 0.2) is 0 Å². The molecular weight excluding hydrogens is 200 g/mol. The predicted molar refractivity (Wildman–Crippen MR) is 63.2 cm³/mol. The highest BCUT2D eigenvalue weighted by molar-refractivity contribution is 5.75. The van der Waals surface area contributed by atoms with Crippen molar-refractivity contribution in [2.45, 2.75) is 32.6 Å². The van der Waals surface area contributed by atoms with Gasteiger partial charge in [-0.1, -0.05) is 37.3 Å². The maximum atomic E-state index is 11.5. The number of benzene rings is 1. The van der Waals surface area contributed by atoms with Gasteiger partial charge in [0.05, 0.1) is 5.41 Å². The van der Waals surface area contributed by atoms with E-state index >= 15 is 0 Å². The van der Waals surface area contributed by atoms with Gasteiger partial charge in [-0.3, -0.25) is 4.79 Å². The van der Waals surface area contributed by atoms with Gasteiger partial charge in [0.2, 0.25) is 0 Å². The molecule has 1 saturated carbocycles. The van der Waals surface area contributed by atoms with E-state index in [0.717, 1.165) is 24.8 Å². The summed E-state index contributed by atoms with van der Waals surface area (Å²) < 4.78 is 0. The van der Waals surface area contributed by atoms with Crippen LogP contribution in [0.25, 0.3) is 0 Å². The first-order valence-electron chi connectivity index (χ1n) is 5.90. The lowest BCUT2D eigenvalue weighted by Crippen LogP contribution is -2.30. The van der Waals surface area contributed by atoms with E-state index in [-0.39, 0.29) is 0 Å². The van der Waals surface area contributed by atoms with Crippen molar-refractivity contribution in [2.75, 3.05) is 0 Å². The van der Waals surface area contributed by atoms with Crippen LogP contribution in [-0.2, 0) is 11.2 Å². The van der Waals surface area contributed by atoms with Crippen molar-refractivity contribution in [1.82, 2.24) is 0 Å². The number of hydrogen-bond acceptors (Lipinski definition) is 1. The molecule has 2 rings (SSSR count). The molecule has 0 radical (unpaired) electrons. The van der Waals surface area contributed by atoms with Gasteiger partial charge in [-0.25, -0.2) is 0 Å². The van der Waals surface area contributed by atoms with Crippen LogP contribution in [0.15, 0.2) is 30.3 Å². The Bertz CT molecular complexity index is 372. The zero-order valence-electron chi connectivity index (χ0n) is 9.65. The maximum absolute atomic E-state index is 11.5. The molecule has 1 aromatic rings. The average Bonchev–Trinajstić information content (AvgIpc) is 2.63. The number of rotatable bonds is 3. The molecule has 1 N–H and O–H groups in total. The van der Waals surface area contributed by atoms with E-state index in [1.807, 2.05) is 30.3 Å². The van der Waals surface area contributed by atoms with E-state index in [9.17, 15) is 9.90 Å². The molecule has 0 amide bonds. The Morgan fingerprint density at radius 3 is 2.62 bits per heavy atom. The van der Waals surface area contributed by atoms with E-state index in [1.165, 1.54) is 0 Å². The molecule has 2 atom stereocenters. The molecule has 2 heteroatoms. The molecular formula is C14H18O2. The Morgan fingerprint density at radius 2 is 2.12 bits per heavy atom. The van der Waals surface area contributed by atoms with Crippen molar-refractivity contribution in [3.8, 4) is 0 Å². The minimum absolute atomic E-state index is 0.513. The van der Waals surface area contributed by atoms with E-state index in [2.05, 4.69) is 6.92 Å². The molecule has 0 aromatic heterocycles. The number of carboxylic acids is 1. The maximum Gasteiger partial charge on any atom is 0.309 e. The molecule has 0 spiro atoms.